The third kappa shape index (κ3) is 3.68. The number of amides is 2. The molecule has 26 heavy (non-hydrogen) atoms. The molecule has 2 N–H and O–H groups in total. The minimum absolute atomic E-state index is 0.00937. The van der Waals surface area contributed by atoms with Crippen LogP contribution in [0.15, 0.2) is 29.1 Å². The summed E-state index contributed by atoms with van der Waals surface area (Å²) >= 11 is 0. The fourth-order valence-electron chi connectivity index (χ4n) is 2.96. The van der Waals surface area contributed by atoms with E-state index in [2.05, 4.69) is 15.5 Å². The molecule has 1 aromatic carbocycles. The van der Waals surface area contributed by atoms with E-state index in [-0.39, 0.29) is 24.0 Å². The van der Waals surface area contributed by atoms with Gasteiger partial charge in [-0.25, -0.2) is 5.10 Å². The highest BCUT2D eigenvalue weighted by Crippen LogP contribution is 2.21. The average molecular weight is 368 g/mol. The van der Waals surface area contributed by atoms with Crippen molar-refractivity contribution in [1.82, 2.24) is 20.4 Å². The first-order valence-corrected chi connectivity index (χ1v) is 7.90. The Morgan fingerprint density at radius 2 is 1.96 bits per heavy atom. The third-order valence-electron chi connectivity index (χ3n) is 4.12. The zero-order valence-corrected chi connectivity index (χ0v) is 13.5. The Morgan fingerprint density at radius 3 is 2.65 bits per heavy atom. The molecule has 1 saturated heterocycles. The van der Waals surface area contributed by atoms with Crippen LogP contribution in [0.1, 0.15) is 23.3 Å². The van der Waals surface area contributed by atoms with Gasteiger partial charge < -0.3 is 10.2 Å². The second-order valence-corrected chi connectivity index (χ2v) is 5.99. The third-order valence-corrected chi connectivity index (χ3v) is 4.12. The number of alkyl halides is 3. The molecule has 1 unspecified atom stereocenters. The van der Waals surface area contributed by atoms with Crippen molar-refractivity contribution >= 4 is 22.6 Å². The second-order valence-electron chi connectivity index (χ2n) is 5.99. The van der Waals surface area contributed by atoms with Crippen molar-refractivity contribution < 1.29 is 22.8 Å². The zero-order chi connectivity index (χ0) is 18.9. The van der Waals surface area contributed by atoms with Gasteiger partial charge in [0.25, 0.3) is 11.5 Å². The number of carbonyl (C=O) groups excluding carboxylic acids is 2. The molecule has 0 radical (unpaired) electrons. The second kappa shape index (κ2) is 6.77. The van der Waals surface area contributed by atoms with Gasteiger partial charge >= 0.3 is 6.18 Å². The number of likely N-dealkylation sites (tertiary alicyclic amines) is 1. The molecule has 3 rings (SSSR count). The molecule has 7 nitrogen and oxygen atoms in total. The van der Waals surface area contributed by atoms with E-state index in [9.17, 15) is 27.6 Å². The molecule has 1 atom stereocenters. The monoisotopic (exact) mass is 368 g/mol. The summed E-state index contributed by atoms with van der Waals surface area (Å²) < 4.78 is 37.7. The number of hydrogen-bond donors (Lipinski definition) is 2. The summed E-state index contributed by atoms with van der Waals surface area (Å²) in [6.07, 6.45) is -3.93. The van der Waals surface area contributed by atoms with Gasteiger partial charge in [-0.3, -0.25) is 14.4 Å². The summed E-state index contributed by atoms with van der Waals surface area (Å²) in [5.41, 5.74) is -0.566. The minimum atomic E-state index is -4.50. The van der Waals surface area contributed by atoms with Crippen LogP contribution < -0.4 is 10.9 Å². The Balaban J connectivity index is 1.81. The van der Waals surface area contributed by atoms with Crippen LogP contribution in [0, 0.1) is 0 Å². The van der Waals surface area contributed by atoms with Crippen molar-refractivity contribution in [3.63, 3.8) is 0 Å². The zero-order valence-electron chi connectivity index (χ0n) is 13.5. The molecule has 0 spiro atoms. The number of H-pyrrole nitrogens is 1. The predicted molar refractivity (Wildman–Crippen MR) is 85.5 cm³/mol. The molecular formula is C16H15F3N4O3. The van der Waals surface area contributed by atoms with Crippen LogP contribution in [0.2, 0.25) is 0 Å². The number of hydrogen-bond acceptors (Lipinski definition) is 4. The number of halogens is 3. The lowest BCUT2D eigenvalue weighted by atomic mass is 10.0. The van der Waals surface area contributed by atoms with Gasteiger partial charge in [-0.2, -0.15) is 18.3 Å². The predicted octanol–water partition coefficient (Wildman–Crippen LogP) is 1.21. The first-order chi connectivity index (χ1) is 12.3. The van der Waals surface area contributed by atoms with Crippen molar-refractivity contribution in [2.75, 3.05) is 13.1 Å². The first-order valence-electron chi connectivity index (χ1n) is 7.90. The fraction of sp³-hybridized carbons (Fsp3) is 0.375. The molecular weight excluding hydrogens is 353 g/mol. The molecule has 10 heteroatoms. The standard InChI is InChI=1S/C16H15F3N4O3/c17-16(18,19)8-23-7-3-6-11(15(23)26)20-14(25)12-9-4-1-2-5-10(9)13(24)22-21-12/h1-2,4-5,11H,3,6-8H2,(H,20,25)(H,22,24). The summed E-state index contributed by atoms with van der Waals surface area (Å²) in [5.74, 6) is -1.51. The highest BCUT2D eigenvalue weighted by atomic mass is 19.4. The fourth-order valence-corrected chi connectivity index (χ4v) is 2.96. The van der Waals surface area contributed by atoms with E-state index >= 15 is 0 Å². The Bertz CT molecular complexity index is 909. The lowest BCUT2D eigenvalue weighted by Gasteiger charge is -2.33. The number of benzene rings is 1. The van der Waals surface area contributed by atoms with E-state index in [1.54, 1.807) is 12.1 Å². The number of aromatic amines is 1. The highest BCUT2D eigenvalue weighted by Gasteiger charge is 2.38. The van der Waals surface area contributed by atoms with Crippen LogP contribution in [0.3, 0.4) is 0 Å². The van der Waals surface area contributed by atoms with Gasteiger partial charge in [-0.1, -0.05) is 18.2 Å². The Kier molecular flexibility index (Phi) is 4.66. The Labute approximate surface area is 145 Å². The van der Waals surface area contributed by atoms with Crippen molar-refractivity contribution in [2.24, 2.45) is 0 Å². The Hall–Kier alpha value is -2.91. The van der Waals surface area contributed by atoms with Crippen LogP contribution in [0.25, 0.3) is 10.8 Å². The summed E-state index contributed by atoms with van der Waals surface area (Å²) in [6.45, 7) is -1.36. The van der Waals surface area contributed by atoms with E-state index in [0.717, 1.165) is 0 Å². The maximum absolute atomic E-state index is 12.6. The van der Waals surface area contributed by atoms with Crippen molar-refractivity contribution in [3.8, 4) is 0 Å². The van der Waals surface area contributed by atoms with Gasteiger partial charge in [-0.05, 0) is 18.9 Å². The van der Waals surface area contributed by atoms with E-state index in [4.69, 9.17) is 0 Å². The lowest BCUT2D eigenvalue weighted by molar-refractivity contribution is -0.164. The van der Waals surface area contributed by atoms with Gasteiger partial charge in [0.05, 0.1) is 5.39 Å². The molecule has 2 amide bonds. The SMILES string of the molecule is O=C(NC1CCCN(CC(F)(F)F)C1=O)c1n[nH]c(=O)c2ccccc12. The summed E-state index contributed by atoms with van der Waals surface area (Å²) in [5, 5.41) is 8.90. The number of rotatable bonds is 3. The maximum Gasteiger partial charge on any atom is 0.406 e. The molecule has 0 aliphatic carbocycles. The van der Waals surface area contributed by atoms with Crippen molar-refractivity contribution in [2.45, 2.75) is 25.1 Å². The van der Waals surface area contributed by atoms with Crippen LogP contribution in [-0.2, 0) is 4.79 Å². The maximum atomic E-state index is 12.6. The molecule has 1 aliphatic heterocycles. The summed E-state index contributed by atoms with van der Waals surface area (Å²) in [4.78, 5) is 37.1. The highest BCUT2D eigenvalue weighted by molar-refractivity contribution is 6.06. The molecule has 0 bridgehead atoms. The summed E-state index contributed by atoms with van der Waals surface area (Å²) in [6, 6.07) is 5.23. The quantitative estimate of drug-likeness (QED) is 0.851. The summed E-state index contributed by atoms with van der Waals surface area (Å²) in [7, 11) is 0. The Morgan fingerprint density at radius 1 is 1.27 bits per heavy atom. The smallest absolute Gasteiger partial charge is 0.339 e. The van der Waals surface area contributed by atoms with Crippen molar-refractivity contribution in [3.05, 3.63) is 40.3 Å². The van der Waals surface area contributed by atoms with Crippen LogP contribution in [0.4, 0.5) is 13.2 Å². The normalized spacial score (nSPS) is 18.2. The number of aromatic nitrogens is 2. The van der Waals surface area contributed by atoms with Crippen LogP contribution in [-0.4, -0.2) is 52.2 Å². The van der Waals surface area contributed by atoms with Gasteiger partial charge in [0, 0.05) is 11.9 Å². The number of piperidine rings is 1. The number of carbonyl (C=O) groups is 2. The lowest BCUT2D eigenvalue weighted by Crippen LogP contribution is -2.54. The van der Waals surface area contributed by atoms with Crippen molar-refractivity contribution in [1.29, 1.82) is 0 Å². The van der Waals surface area contributed by atoms with E-state index in [0.29, 0.717) is 16.7 Å². The van der Waals surface area contributed by atoms with Crippen LogP contribution >= 0.6 is 0 Å². The largest absolute Gasteiger partial charge is 0.406 e. The number of nitrogens with one attached hydrogen (secondary N) is 2. The molecule has 0 saturated carbocycles. The van der Waals surface area contributed by atoms with E-state index in [1.807, 2.05) is 0 Å². The van der Waals surface area contributed by atoms with Gasteiger partial charge in [-0.15, -0.1) is 0 Å². The molecule has 1 aromatic heterocycles. The van der Waals surface area contributed by atoms with E-state index in [1.165, 1.54) is 12.1 Å². The van der Waals surface area contributed by atoms with Gasteiger partial charge in [0.2, 0.25) is 5.91 Å². The first kappa shape index (κ1) is 17.9. The van der Waals surface area contributed by atoms with Crippen LogP contribution in [0.5, 0.6) is 0 Å². The molecule has 1 aliphatic rings. The minimum Gasteiger partial charge on any atom is -0.339 e. The molecule has 138 valence electrons. The molecule has 2 heterocycles. The van der Waals surface area contributed by atoms with E-state index < -0.39 is 36.1 Å². The average Bonchev–Trinajstić information content (AvgIpc) is 2.58. The molecule has 1 fully saturated rings. The molecule has 2 aromatic rings. The topological polar surface area (TPSA) is 95.2 Å². The van der Waals surface area contributed by atoms with Gasteiger partial charge in [0.1, 0.15) is 12.6 Å². The number of fused-ring (bicyclic) bond motifs is 1. The number of nitrogens with zero attached hydrogens (tertiary/aromatic N) is 2. The van der Waals surface area contributed by atoms with Gasteiger partial charge in [0.15, 0.2) is 5.69 Å².